The molecular weight excluding hydrogens is 332 g/mol. The van der Waals surface area contributed by atoms with Crippen molar-refractivity contribution >= 4 is 0 Å². The van der Waals surface area contributed by atoms with Crippen LogP contribution in [0.15, 0.2) is 0 Å². The largest absolute Gasteiger partial charge is 0.352 e. The predicted octanol–water partition coefficient (Wildman–Crippen LogP) is 8.39. The van der Waals surface area contributed by atoms with E-state index in [1.807, 2.05) is 0 Å². The molecule has 0 aliphatic rings. The van der Waals surface area contributed by atoms with Crippen molar-refractivity contribution in [3.8, 4) is 0 Å². The molecule has 0 N–H and O–H groups in total. The molecule has 27 heavy (non-hydrogen) atoms. The monoisotopic (exact) mass is 384 g/mol. The van der Waals surface area contributed by atoms with E-state index in [9.17, 15) is 0 Å². The summed E-state index contributed by atoms with van der Waals surface area (Å²) in [7, 11) is 0. The Morgan fingerprint density at radius 1 is 0.519 bits per heavy atom. The molecule has 164 valence electrons. The molecule has 0 unspecified atom stereocenters. The summed E-state index contributed by atoms with van der Waals surface area (Å²) in [4.78, 5) is 0. The van der Waals surface area contributed by atoms with Gasteiger partial charge in [0.15, 0.2) is 6.29 Å². The predicted molar refractivity (Wildman–Crippen MR) is 120 cm³/mol. The lowest BCUT2D eigenvalue weighted by Crippen LogP contribution is -2.32. The van der Waals surface area contributed by atoms with Gasteiger partial charge in [0.05, 0.1) is 0 Å². The number of unbranched alkanes of at least 4 members (excludes halogenated alkanes) is 8. The molecule has 0 saturated carbocycles. The van der Waals surface area contributed by atoms with Crippen LogP contribution >= 0.6 is 0 Å². The maximum Gasteiger partial charge on any atom is 0.162 e. The van der Waals surface area contributed by atoms with Crippen molar-refractivity contribution < 1.29 is 9.47 Å². The Hall–Kier alpha value is -0.0800. The first-order valence-electron chi connectivity index (χ1n) is 12.0. The third kappa shape index (κ3) is 19.0. The standard InChI is InChI=1S/C25H52O2/c1-22(2)18-14-10-8-12-16-20-26-24(25(5,6)7)27-21-17-13-9-11-15-19-23(3)4/h22-24H,8-21H2,1-7H3. The van der Waals surface area contributed by atoms with Crippen molar-refractivity contribution in [3.05, 3.63) is 0 Å². The van der Waals surface area contributed by atoms with Crippen LogP contribution in [0.1, 0.15) is 126 Å². The van der Waals surface area contributed by atoms with Crippen LogP contribution in [0.25, 0.3) is 0 Å². The molecule has 0 aromatic rings. The maximum absolute atomic E-state index is 6.10. The summed E-state index contributed by atoms with van der Waals surface area (Å²) in [6.07, 6.45) is 15.7. The summed E-state index contributed by atoms with van der Waals surface area (Å²) < 4.78 is 12.2. The quantitative estimate of drug-likeness (QED) is 0.174. The Kier molecular flexibility index (Phi) is 16.8. The zero-order valence-corrected chi connectivity index (χ0v) is 19.9. The van der Waals surface area contributed by atoms with Crippen LogP contribution in [0.5, 0.6) is 0 Å². The van der Waals surface area contributed by atoms with Crippen LogP contribution in [0.2, 0.25) is 0 Å². The fourth-order valence-corrected chi connectivity index (χ4v) is 3.30. The molecule has 0 saturated heterocycles. The maximum atomic E-state index is 6.10. The molecule has 2 nitrogen and oxygen atoms in total. The normalized spacial score (nSPS) is 12.7. The number of hydrogen-bond acceptors (Lipinski definition) is 2. The van der Waals surface area contributed by atoms with Gasteiger partial charge in [-0.05, 0) is 24.7 Å². The van der Waals surface area contributed by atoms with Crippen LogP contribution in [0, 0.1) is 17.3 Å². The van der Waals surface area contributed by atoms with E-state index in [4.69, 9.17) is 9.47 Å². The van der Waals surface area contributed by atoms with Gasteiger partial charge in [0.2, 0.25) is 0 Å². The van der Waals surface area contributed by atoms with Crippen molar-refractivity contribution in [2.75, 3.05) is 13.2 Å². The van der Waals surface area contributed by atoms with E-state index in [-0.39, 0.29) is 11.7 Å². The van der Waals surface area contributed by atoms with Gasteiger partial charge in [0.1, 0.15) is 0 Å². The number of hydrogen-bond donors (Lipinski definition) is 0. The molecule has 0 aliphatic heterocycles. The van der Waals surface area contributed by atoms with Crippen molar-refractivity contribution in [2.24, 2.45) is 17.3 Å². The van der Waals surface area contributed by atoms with Gasteiger partial charge in [-0.2, -0.15) is 0 Å². The van der Waals surface area contributed by atoms with E-state index in [0.29, 0.717) is 0 Å². The Labute approximate surface area is 172 Å². The SMILES string of the molecule is CC(C)CCCCCCCOC(OCCCCCCCC(C)C)C(C)(C)C. The van der Waals surface area contributed by atoms with Crippen LogP contribution in [0.4, 0.5) is 0 Å². The van der Waals surface area contributed by atoms with Crippen LogP contribution < -0.4 is 0 Å². The molecule has 0 aromatic carbocycles. The molecule has 0 fully saturated rings. The van der Waals surface area contributed by atoms with Gasteiger partial charge in [0, 0.05) is 18.6 Å². The summed E-state index contributed by atoms with van der Waals surface area (Å²) in [5.41, 5.74) is 0.0501. The van der Waals surface area contributed by atoms with Crippen molar-refractivity contribution in [1.82, 2.24) is 0 Å². The lowest BCUT2D eigenvalue weighted by atomic mass is 9.96. The summed E-state index contributed by atoms with van der Waals surface area (Å²) in [5, 5.41) is 0. The topological polar surface area (TPSA) is 18.5 Å². The van der Waals surface area contributed by atoms with E-state index < -0.39 is 0 Å². The zero-order chi connectivity index (χ0) is 20.5. The van der Waals surface area contributed by atoms with Crippen LogP contribution in [0.3, 0.4) is 0 Å². The third-order valence-corrected chi connectivity index (χ3v) is 5.10. The zero-order valence-electron chi connectivity index (χ0n) is 19.9. The third-order valence-electron chi connectivity index (χ3n) is 5.10. The average Bonchev–Trinajstić information content (AvgIpc) is 2.55. The van der Waals surface area contributed by atoms with E-state index in [1.165, 1.54) is 64.2 Å². The number of ether oxygens (including phenoxy) is 2. The molecule has 0 atom stereocenters. The molecular formula is C25H52O2. The average molecular weight is 385 g/mol. The summed E-state index contributed by atoms with van der Waals surface area (Å²) >= 11 is 0. The summed E-state index contributed by atoms with van der Waals surface area (Å²) in [6, 6.07) is 0. The minimum atomic E-state index is -0.0700. The Balaban J connectivity index is 3.69. The van der Waals surface area contributed by atoms with Crippen LogP contribution in [-0.2, 0) is 9.47 Å². The Morgan fingerprint density at radius 2 is 0.852 bits per heavy atom. The van der Waals surface area contributed by atoms with E-state index in [0.717, 1.165) is 37.9 Å². The van der Waals surface area contributed by atoms with Crippen molar-refractivity contribution in [2.45, 2.75) is 132 Å². The van der Waals surface area contributed by atoms with Gasteiger partial charge >= 0.3 is 0 Å². The van der Waals surface area contributed by atoms with Gasteiger partial charge in [-0.3, -0.25) is 0 Å². The molecule has 2 heteroatoms. The fourth-order valence-electron chi connectivity index (χ4n) is 3.30. The second kappa shape index (κ2) is 16.8. The molecule has 0 rings (SSSR count). The number of rotatable bonds is 18. The van der Waals surface area contributed by atoms with Gasteiger partial charge in [0.25, 0.3) is 0 Å². The molecule has 0 heterocycles. The fraction of sp³-hybridized carbons (Fsp3) is 1.00. The molecule has 0 aliphatic carbocycles. The van der Waals surface area contributed by atoms with E-state index in [1.54, 1.807) is 0 Å². The first-order valence-corrected chi connectivity index (χ1v) is 12.0. The van der Waals surface area contributed by atoms with Gasteiger partial charge < -0.3 is 9.47 Å². The lowest BCUT2D eigenvalue weighted by molar-refractivity contribution is -0.195. The van der Waals surface area contributed by atoms with Gasteiger partial charge in [-0.1, -0.05) is 113 Å². The first-order chi connectivity index (χ1) is 12.7. The van der Waals surface area contributed by atoms with E-state index >= 15 is 0 Å². The highest BCUT2D eigenvalue weighted by molar-refractivity contribution is 4.67. The van der Waals surface area contributed by atoms with Crippen LogP contribution in [-0.4, -0.2) is 19.5 Å². The highest BCUT2D eigenvalue weighted by Crippen LogP contribution is 2.24. The Bertz CT molecular complexity index is 280. The minimum absolute atomic E-state index is 0.0501. The van der Waals surface area contributed by atoms with Gasteiger partial charge in [-0.15, -0.1) is 0 Å². The molecule has 0 amide bonds. The highest BCUT2D eigenvalue weighted by atomic mass is 16.7. The molecule has 0 radical (unpaired) electrons. The summed E-state index contributed by atoms with van der Waals surface area (Å²) in [5.74, 6) is 1.69. The van der Waals surface area contributed by atoms with Gasteiger partial charge in [-0.25, -0.2) is 0 Å². The second-order valence-corrected chi connectivity index (χ2v) is 10.3. The van der Waals surface area contributed by atoms with Crippen molar-refractivity contribution in [3.63, 3.8) is 0 Å². The molecule has 0 bridgehead atoms. The lowest BCUT2D eigenvalue weighted by Gasteiger charge is -2.30. The molecule has 0 aromatic heterocycles. The minimum Gasteiger partial charge on any atom is -0.352 e. The molecule has 0 spiro atoms. The van der Waals surface area contributed by atoms with Crippen molar-refractivity contribution in [1.29, 1.82) is 0 Å². The Morgan fingerprint density at radius 3 is 1.19 bits per heavy atom. The summed E-state index contributed by atoms with van der Waals surface area (Å²) in [6.45, 7) is 17.6. The first kappa shape index (κ1) is 26.9. The van der Waals surface area contributed by atoms with E-state index in [2.05, 4.69) is 48.5 Å². The highest BCUT2D eigenvalue weighted by Gasteiger charge is 2.25. The second-order valence-electron chi connectivity index (χ2n) is 10.3. The smallest absolute Gasteiger partial charge is 0.162 e.